The normalized spacial score (nSPS) is 39.5. The molecule has 2 heteroatoms. The van der Waals surface area contributed by atoms with Crippen LogP contribution in [0.15, 0.2) is 0 Å². The molecule has 1 saturated carbocycles. The molecule has 1 aliphatic carbocycles. The Hall–Kier alpha value is -0.0800. The van der Waals surface area contributed by atoms with E-state index < -0.39 is 0 Å². The van der Waals surface area contributed by atoms with Crippen molar-refractivity contribution in [1.82, 2.24) is 10.2 Å². The molecular weight excluding hydrogens is 208 g/mol. The molecule has 98 valence electrons. The maximum absolute atomic E-state index is 3.87. The lowest BCUT2D eigenvalue weighted by Crippen LogP contribution is -2.44. The number of hydrogen-bond acceptors (Lipinski definition) is 2. The quantitative estimate of drug-likeness (QED) is 0.789. The average molecular weight is 236 g/mol. The molecule has 3 rings (SSSR count). The molecule has 2 saturated heterocycles. The summed E-state index contributed by atoms with van der Waals surface area (Å²) in [5.41, 5.74) is 0. The summed E-state index contributed by atoms with van der Waals surface area (Å²) < 4.78 is 0. The second kappa shape index (κ2) is 4.89. The highest BCUT2D eigenvalue weighted by atomic mass is 15.2. The molecule has 1 N–H and O–H groups in total. The van der Waals surface area contributed by atoms with Crippen LogP contribution in [0.5, 0.6) is 0 Å². The lowest BCUT2D eigenvalue weighted by molar-refractivity contribution is 0.130. The number of nitrogens with zero attached hydrogens (tertiary/aromatic N) is 1. The minimum Gasteiger partial charge on any atom is -0.313 e. The van der Waals surface area contributed by atoms with Gasteiger partial charge in [0.25, 0.3) is 0 Å². The molecule has 3 aliphatic rings. The molecular formula is C15H28N2. The van der Waals surface area contributed by atoms with Crippen molar-refractivity contribution in [1.29, 1.82) is 0 Å². The second-order valence-electron chi connectivity index (χ2n) is 6.65. The number of rotatable bonds is 5. The Morgan fingerprint density at radius 3 is 2.29 bits per heavy atom. The van der Waals surface area contributed by atoms with Crippen LogP contribution in [0.4, 0.5) is 0 Å². The van der Waals surface area contributed by atoms with Gasteiger partial charge >= 0.3 is 0 Å². The van der Waals surface area contributed by atoms with E-state index in [0.717, 1.165) is 30.0 Å². The van der Waals surface area contributed by atoms with Gasteiger partial charge in [0.2, 0.25) is 0 Å². The predicted octanol–water partition coefficient (Wildman–Crippen LogP) is 2.64. The van der Waals surface area contributed by atoms with Crippen molar-refractivity contribution in [2.24, 2.45) is 11.8 Å². The first-order valence-electron chi connectivity index (χ1n) is 7.73. The molecule has 17 heavy (non-hydrogen) atoms. The van der Waals surface area contributed by atoms with Crippen molar-refractivity contribution in [2.75, 3.05) is 13.6 Å². The fourth-order valence-corrected chi connectivity index (χ4v) is 4.15. The zero-order valence-electron chi connectivity index (χ0n) is 11.5. The minimum atomic E-state index is 0.826. The average Bonchev–Trinajstić information content (AvgIpc) is 3.12. The first-order chi connectivity index (χ1) is 8.28. The minimum absolute atomic E-state index is 0.826. The van der Waals surface area contributed by atoms with Gasteiger partial charge in [-0.3, -0.25) is 0 Å². The standard InChI is InChI=1S/C15H28N2/c1-3-15(12-4-5-12)16-10-11-8-13-6-7-14(9-11)17(13)2/h11-16H,3-10H2,1-2H3. The van der Waals surface area contributed by atoms with Gasteiger partial charge in [0.05, 0.1) is 0 Å². The third kappa shape index (κ3) is 2.53. The maximum atomic E-state index is 3.87. The Balaban J connectivity index is 1.46. The molecule has 2 nitrogen and oxygen atoms in total. The highest BCUT2D eigenvalue weighted by Gasteiger charge is 2.38. The van der Waals surface area contributed by atoms with Crippen LogP contribution in [0, 0.1) is 11.8 Å². The monoisotopic (exact) mass is 236 g/mol. The van der Waals surface area contributed by atoms with E-state index in [2.05, 4.69) is 24.2 Å². The largest absolute Gasteiger partial charge is 0.313 e. The SMILES string of the molecule is CCC(NCC1CC2CCC(C1)N2C)C1CC1. The van der Waals surface area contributed by atoms with E-state index in [0.29, 0.717) is 0 Å². The summed E-state index contributed by atoms with van der Waals surface area (Å²) in [4.78, 5) is 2.65. The van der Waals surface area contributed by atoms with Gasteiger partial charge in [-0.2, -0.15) is 0 Å². The van der Waals surface area contributed by atoms with Gasteiger partial charge in [-0.15, -0.1) is 0 Å². The van der Waals surface area contributed by atoms with Crippen LogP contribution < -0.4 is 5.32 Å². The van der Waals surface area contributed by atoms with Crippen LogP contribution in [0.3, 0.4) is 0 Å². The molecule has 0 radical (unpaired) electrons. The molecule has 0 aromatic heterocycles. The van der Waals surface area contributed by atoms with E-state index in [4.69, 9.17) is 0 Å². The van der Waals surface area contributed by atoms with Crippen LogP contribution in [0.25, 0.3) is 0 Å². The smallest absolute Gasteiger partial charge is 0.00988 e. The van der Waals surface area contributed by atoms with Crippen molar-refractivity contribution < 1.29 is 0 Å². The molecule has 2 bridgehead atoms. The predicted molar refractivity (Wildman–Crippen MR) is 72.1 cm³/mol. The summed E-state index contributed by atoms with van der Waals surface area (Å²) in [5, 5.41) is 3.87. The van der Waals surface area contributed by atoms with Crippen LogP contribution in [-0.2, 0) is 0 Å². The van der Waals surface area contributed by atoms with Crippen LogP contribution >= 0.6 is 0 Å². The molecule has 2 heterocycles. The van der Waals surface area contributed by atoms with Gasteiger partial charge in [-0.1, -0.05) is 6.92 Å². The van der Waals surface area contributed by atoms with Crippen molar-refractivity contribution >= 4 is 0 Å². The van der Waals surface area contributed by atoms with Crippen LogP contribution in [0.2, 0.25) is 0 Å². The zero-order valence-corrected chi connectivity index (χ0v) is 11.5. The van der Waals surface area contributed by atoms with Crippen LogP contribution in [0.1, 0.15) is 51.9 Å². The van der Waals surface area contributed by atoms with E-state index in [1.54, 1.807) is 0 Å². The summed E-state index contributed by atoms with van der Waals surface area (Å²) in [6.45, 7) is 3.63. The fourth-order valence-electron chi connectivity index (χ4n) is 4.15. The second-order valence-corrected chi connectivity index (χ2v) is 6.65. The fraction of sp³-hybridized carbons (Fsp3) is 1.00. The molecule has 2 aliphatic heterocycles. The van der Waals surface area contributed by atoms with Gasteiger partial charge in [-0.05, 0) is 70.4 Å². The number of fused-ring (bicyclic) bond motifs is 2. The van der Waals surface area contributed by atoms with Gasteiger partial charge in [-0.25, -0.2) is 0 Å². The van der Waals surface area contributed by atoms with E-state index in [-0.39, 0.29) is 0 Å². The van der Waals surface area contributed by atoms with E-state index in [9.17, 15) is 0 Å². The maximum Gasteiger partial charge on any atom is 0.00988 e. The van der Waals surface area contributed by atoms with E-state index >= 15 is 0 Å². The highest BCUT2D eigenvalue weighted by Crippen LogP contribution is 2.38. The lowest BCUT2D eigenvalue weighted by atomic mass is 9.90. The van der Waals surface area contributed by atoms with Crippen molar-refractivity contribution in [3.63, 3.8) is 0 Å². The summed E-state index contributed by atoms with van der Waals surface area (Å²) in [5.74, 6) is 1.97. The van der Waals surface area contributed by atoms with Crippen molar-refractivity contribution in [2.45, 2.75) is 70.0 Å². The molecule has 3 fully saturated rings. The number of piperidine rings is 1. The van der Waals surface area contributed by atoms with Crippen molar-refractivity contribution in [3.05, 3.63) is 0 Å². The summed E-state index contributed by atoms with van der Waals surface area (Å²) in [6, 6.07) is 2.63. The Kier molecular flexibility index (Phi) is 3.45. The highest BCUT2D eigenvalue weighted by molar-refractivity contribution is 4.94. The summed E-state index contributed by atoms with van der Waals surface area (Å²) in [6.07, 6.45) is 10.1. The molecule has 0 spiro atoms. The summed E-state index contributed by atoms with van der Waals surface area (Å²) in [7, 11) is 2.34. The van der Waals surface area contributed by atoms with E-state index in [1.807, 2.05) is 0 Å². The van der Waals surface area contributed by atoms with Gasteiger partial charge < -0.3 is 10.2 Å². The first kappa shape index (κ1) is 12.0. The lowest BCUT2D eigenvalue weighted by Gasteiger charge is -2.37. The Morgan fingerprint density at radius 1 is 1.12 bits per heavy atom. The molecule has 0 amide bonds. The van der Waals surface area contributed by atoms with Crippen LogP contribution in [-0.4, -0.2) is 36.6 Å². The van der Waals surface area contributed by atoms with Gasteiger partial charge in [0, 0.05) is 18.1 Å². The third-order valence-electron chi connectivity index (χ3n) is 5.50. The Labute approximate surface area is 106 Å². The van der Waals surface area contributed by atoms with Gasteiger partial charge in [0.15, 0.2) is 0 Å². The topological polar surface area (TPSA) is 15.3 Å². The molecule has 3 unspecified atom stereocenters. The molecule has 0 aromatic carbocycles. The number of nitrogens with one attached hydrogen (secondary N) is 1. The van der Waals surface area contributed by atoms with Crippen molar-refractivity contribution in [3.8, 4) is 0 Å². The van der Waals surface area contributed by atoms with Gasteiger partial charge in [0.1, 0.15) is 0 Å². The summed E-state index contributed by atoms with van der Waals surface area (Å²) >= 11 is 0. The number of hydrogen-bond donors (Lipinski definition) is 1. The third-order valence-corrected chi connectivity index (χ3v) is 5.50. The van der Waals surface area contributed by atoms with E-state index in [1.165, 1.54) is 51.5 Å². The first-order valence-corrected chi connectivity index (χ1v) is 7.73. The molecule has 3 atom stereocenters. The molecule has 0 aromatic rings. The Morgan fingerprint density at radius 2 is 1.76 bits per heavy atom. The Bertz CT molecular complexity index is 248. The zero-order chi connectivity index (χ0) is 11.8.